The summed E-state index contributed by atoms with van der Waals surface area (Å²) in [5.41, 5.74) is 10.5. The largest absolute Gasteiger partial charge is 0.417 e. The fourth-order valence-corrected chi connectivity index (χ4v) is 4.89. The van der Waals surface area contributed by atoms with Crippen LogP contribution in [0.1, 0.15) is 43.2 Å². The van der Waals surface area contributed by atoms with E-state index >= 15 is 0 Å². The Morgan fingerprint density at radius 3 is 2.44 bits per heavy atom. The molecule has 32 heavy (non-hydrogen) atoms. The van der Waals surface area contributed by atoms with Gasteiger partial charge in [-0.1, -0.05) is 66.5 Å². The lowest BCUT2D eigenvalue weighted by atomic mass is 10.00. The average Bonchev–Trinajstić information content (AvgIpc) is 3.06. The molecule has 3 aromatic rings. The third-order valence-electron chi connectivity index (χ3n) is 6.39. The first-order chi connectivity index (χ1) is 15.0. The molecule has 2 heterocycles. The first-order valence-electron chi connectivity index (χ1n) is 10.9. The molecule has 8 heteroatoms. The summed E-state index contributed by atoms with van der Waals surface area (Å²) in [5.74, 6) is 0.369. The normalized spacial score (nSPS) is 12.5. The van der Waals surface area contributed by atoms with Crippen molar-refractivity contribution in [1.29, 1.82) is 0 Å². The summed E-state index contributed by atoms with van der Waals surface area (Å²) in [5, 5.41) is 1.10. The minimum absolute atomic E-state index is 0.0108. The number of Topliss-reactive ketones (excluding diaryl/α,β-unsaturated/α-hetero) is 1. The van der Waals surface area contributed by atoms with E-state index in [4.69, 9.17) is 10.2 Å². The third-order valence-corrected chi connectivity index (χ3v) is 11.4. The van der Waals surface area contributed by atoms with Gasteiger partial charge < -0.3 is 14.7 Å². The number of carbonyl (C=O) groups is 1. The van der Waals surface area contributed by atoms with Crippen LogP contribution in [0.25, 0.3) is 22.2 Å². The molecule has 0 aliphatic carbocycles. The van der Waals surface area contributed by atoms with Crippen LogP contribution in [0.5, 0.6) is 0 Å². The molecule has 2 N–H and O–H groups in total. The van der Waals surface area contributed by atoms with E-state index < -0.39 is 8.32 Å². The van der Waals surface area contributed by atoms with Gasteiger partial charge in [0, 0.05) is 18.7 Å². The van der Waals surface area contributed by atoms with Crippen molar-refractivity contribution in [2.45, 2.75) is 58.8 Å². The second-order valence-corrected chi connectivity index (χ2v) is 15.1. The van der Waals surface area contributed by atoms with E-state index in [0.29, 0.717) is 30.3 Å². The van der Waals surface area contributed by atoms with Crippen molar-refractivity contribution < 1.29 is 9.22 Å². The van der Waals surface area contributed by atoms with Crippen molar-refractivity contribution in [3.8, 4) is 11.1 Å². The maximum absolute atomic E-state index is 13.1. The quantitative estimate of drug-likeness (QED) is 0.172. The summed E-state index contributed by atoms with van der Waals surface area (Å²) in [6.07, 6.45) is 2.23. The molecule has 0 saturated carbocycles. The van der Waals surface area contributed by atoms with Crippen molar-refractivity contribution in [2.75, 3.05) is 17.7 Å². The molecule has 0 radical (unpaired) electrons. The molecule has 172 valence electrons. The summed E-state index contributed by atoms with van der Waals surface area (Å²) in [6.45, 7) is 14.5. The number of rotatable bonds is 8. The summed E-state index contributed by atoms with van der Waals surface area (Å²) < 4.78 is 8.34. The van der Waals surface area contributed by atoms with E-state index in [-0.39, 0.29) is 16.2 Å². The molecule has 0 fully saturated rings. The lowest BCUT2D eigenvalue weighted by Crippen LogP contribution is -2.41. The number of hydrogen-bond donors (Lipinski definition) is 1. The van der Waals surface area contributed by atoms with Crippen LogP contribution in [0.4, 0.5) is 5.82 Å². The van der Waals surface area contributed by atoms with Gasteiger partial charge in [-0.2, -0.15) is 0 Å². The molecule has 0 amide bonds. The second kappa shape index (κ2) is 9.45. The highest BCUT2D eigenvalue weighted by atomic mass is 79.9. The second-order valence-electron chi connectivity index (χ2n) is 9.72. The molecule has 0 aliphatic heterocycles. The van der Waals surface area contributed by atoms with Gasteiger partial charge in [0.15, 0.2) is 14.1 Å². The Bertz CT molecular complexity index is 1120. The number of benzene rings is 1. The van der Waals surface area contributed by atoms with E-state index in [1.165, 1.54) is 6.33 Å². The Morgan fingerprint density at radius 2 is 1.84 bits per heavy atom. The SMILES string of the molecule is Cc1ccc(-c2c(C(=O)CBr)n(CCCO[Si](C)(C)C(C)(C)C)c3ncnc(N)c23)cc1. The van der Waals surface area contributed by atoms with Crippen LogP contribution in [-0.4, -0.2) is 40.6 Å². The minimum Gasteiger partial charge on any atom is -0.417 e. The number of aryl methyl sites for hydroxylation is 2. The number of hydrogen-bond acceptors (Lipinski definition) is 5. The maximum Gasteiger partial charge on any atom is 0.191 e. The van der Waals surface area contributed by atoms with Gasteiger partial charge in [0.2, 0.25) is 0 Å². The zero-order chi connectivity index (χ0) is 23.7. The van der Waals surface area contributed by atoms with Gasteiger partial charge in [-0.15, -0.1) is 0 Å². The van der Waals surface area contributed by atoms with Crippen LogP contribution in [0, 0.1) is 6.92 Å². The highest BCUT2D eigenvalue weighted by molar-refractivity contribution is 9.09. The van der Waals surface area contributed by atoms with Gasteiger partial charge in [-0.3, -0.25) is 4.79 Å². The van der Waals surface area contributed by atoms with Crippen LogP contribution < -0.4 is 5.73 Å². The maximum atomic E-state index is 13.1. The first-order valence-corrected chi connectivity index (χ1v) is 14.9. The van der Waals surface area contributed by atoms with E-state index in [1.807, 2.05) is 35.8 Å². The summed E-state index contributed by atoms with van der Waals surface area (Å²) in [6, 6.07) is 8.11. The highest BCUT2D eigenvalue weighted by Crippen LogP contribution is 2.38. The summed E-state index contributed by atoms with van der Waals surface area (Å²) in [7, 11) is -1.83. The van der Waals surface area contributed by atoms with Gasteiger partial charge in [0.25, 0.3) is 0 Å². The number of anilines is 1. The number of ketones is 1. The first kappa shape index (κ1) is 24.6. The fraction of sp³-hybridized carbons (Fsp3) is 0.458. The number of fused-ring (bicyclic) bond motifs is 1. The van der Waals surface area contributed by atoms with E-state index in [1.54, 1.807) is 0 Å². The van der Waals surface area contributed by atoms with Crippen molar-refractivity contribution in [3.63, 3.8) is 0 Å². The molecule has 0 aliphatic rings. The molecule has 6 nitrogen and oxygen atoms in total. The Kier molecular flexibility index (Phi) is 7.27. The summed E-state index contributed by atoms with van der Waals surface area (Å²) >= 11 is 3.36. The monoisotopic (exact) mass is 516 g/mol. The van der Waals surface area contributed by atoms with Crippen LogP contribution in [0.3, 0.4) is 0 Å². The molecule has 1 aromatic carbocycles. The van der Waals surface area contributed by atoms with Gasteiger partial charge in [-0.05, 0) is 37.0 Å². The Labute approximate surface area is 199 Å². The van der Waals surface area contributed by atoms with Gasteiger partial charge in [-0.25, -0.2) is 9.97 Å². The lowest BCUT2D eigenvalue weighted by molar-refractivity contribution is 0.101. The van der Waals surface area contributed by atoms with Gasteiger partial charge in [0.05, 0.1) is 16.4 Å². The zero-order valence-corrected chi connectivity index (χ0v) is 22.4. The fourth-order valence-electron chi connectivity index (χ4n) is 3.53. The molecule has 2 aromatic heterocycles. The number of nitrogens with zero attached hydrogens (tertiary/aromatic N) is 3. The minimum atomic E-state index is -1.83. The number of halogens is 1. The number of aromatic nitrogens is 3. The van der Waals surface area contributed by atoms with Crippen molar-refractivity contribution >= 4 is 46.9 Å². The number of alkyl halides is 1. The third kappa shape index (κ3) is 4.82. The molecule has 0 unspecified atom stereocenters. The van der Waals surface area contributed by atoms with Crippen LogP contribution in [-0.2, 0) is 11.0 Å². The zero-order valence-electron chi connectivity index (χ0n) is 19.8. The number of carbonyl (C=O) groups excluding carboxylic acids is 1. The lowest BCUT2D eigenvalue weighted by Gasteiger charge is -2.36. The van der Waals surface area contributed by atoms with Crippen LogP contribution >= 0.6 is 15.9 Å². The van der Waals surface area contributed by atoms with Crippen molar-refractivity contribution in [2.24, 2.45) is 0 Å². The van der Waals surface area contributed by atoms with E-state index in [9.17, 15) is 4.79 Å². The van der Waals surface area contributed by atoms with E-state index in [0.717, 1.165) is 28.5 Å². The highest BCUT2D eigenvalue weighted by Gasteiger charge is 2.37. The van der Waals surface area contributed by atoms with Crippen molar-refractivity contribution in [3.05, 3.63) is 41.9 Å². The summed E-state index contributed by atoms with van der Waals surface area (Å²) in [4.78, 5) is 21.9. The van der Waals surface area contributed by atoms with Gasteiger partial charge in [0.1, 0.15) is 17.8 Å². The molecule has 3 rings (SSSR count). The number of nitrogen functional groups attached to an aromatic ring is 1. The topological polar surface area (TPSA) is 83.0 Å². The predicted octanol–water partition coefficient (Wildman–Crippen LogP) is 5.98. The van der Waals surface area contributed by atoms with Crippen molar-refractivity contribution in [1.82, 2.24) is 14.5 Å². The molecule has 0 saturated heterocycles. The Hall–Kier alpha value is -2.03. The smallest absolute Gasteiger partial charge is 0.191 e. The predicted molar refractivity (Wildman–Crippen MR) is 138 cm³/mol. The molecular weight excluding hydrogens is 484 g/mol. The van der Waals surface area contributed by atoms with Crippen LogP contribution in [0.15, 0.2) is 30.6 Å². The Balaban J connectivity index is 2.05. The van der Waals surface area contributed by atoms with E-state index in [2.05, 4.69) is 59.8 Å². The molecular formula is C24H33BrN4O2Si. The average molecular weight is 518 g/mol. The molecule has 0 spiro atoms. The standard InChI is InChI=1S/C24H33BrN4O2Si/c1-16-8-10-17(11-9-16)19-20-22(26)27-15-28-23(20)29(21(19)18(30)14-25)12-7-13-31-32(5,6)24(2,3)4/h8-11,15H,7,12-14H2,1-6H3,(H2,26,27,28). The molecule has 0 atom stereocenters. The van der Waals surface area contributed by atoms with Gasteiger partial charge >= 0.3 is 0 Å². The Morgan fingerprint density at radius 1 is 1.19 bits per heavy atom. The number of nitrogens with two attached hydrogens (primary N) is 1. The van der Waals surface area contributed by atoms with Crippen LogP contribution in [0.2, 0.25) is 18.1 Å². The molecule has 0 bridgehead atoms.